The fourth-order valence-corrected chi connectivity index (χ4v) is 3.78. The number of ketones is 1. The van der Waals surface area contributed by atoms with Crippen LogP contribution in [-0.4, -0.2) is 38.1 Å². The van der Waals surface area contributed by atoms with Crippen molar-refractivity contribution in [2.45, 2.75) is 39.1 Å². The second kappa shape index (κ2) is 9.40. The SMILES string of the molecule is Cc1cnc(N2C(=O)C(O)=C(C(=O)c3ccc(C(C)C)cc3)C2c2ccc(OC(F)(F)F)nc2)nc1. The Morgan fingerprint density at radius 3 is 2.19 bits per heavy atom. The molecule has 0 saturated carbocycles. The van der Waals surface area contributed by atoms with Gasteiger partial charge in [0.05, 0.1) is 11.6 Å². The van der Waals surface area contributed by atoms with Crippen LogP contribution in [0, 0.1) is 6.92 Å². The van der Waals surface area contributed by atoms with Crippen LogP contribution < -0.4 is 9.64 Å². The fraction of sp³-hybridized carbons (Fsp3) is 0.240. The van der Waals surface area contributed by atoms with Crippen molar-refractivity contribution < 1.29 is 32.6 Å². The molecule has 0 saturated heterocycles. The van der Waals surface area contributed by atoms with Gasteiger partial charge in [-0.05, 0) is 35.6 Å². The van der Waals surface area contributed by atoms with Gasteiger partial charge in [0, 0.05) is 30.2 Å². The predicted molar refractivity (Wildman–Crippen MR) is 122 cm³/mol. The summed E-state index contributed by atoms with van der Waals surface area (Å²) in [7, 11) is 0. The normalized spacial score (nSPS) is 16.1. The van der Waals surface area contributed by atoms with E-state index in [1.165, 1.54) is 18.5 Å². The van der Waals surface area contributed by atoms with Gasteiger partial charge in [0.2, 0.25) is 11.8 Å². The molecule has 0 spiro atoms. The third kappa shape index (κ3) is 4.90. The van der Waals surface area contributed by atoms with Gasteiger partial charge in [0.1, 0.15) is 0 Å². The van der Waals surface area contributed by atoms with E-state index in [-0.39, 0.29) is 28.6 Å². The maximum absolute atomic E-state index is 13.5. The Labute approximate surface area is 204 Å². The maximum atomic E-state index is 13.5. The van der Waals surface area contributed by atoms with Gasteiger partial charge in [-0.1, -0.05) is 38.1 Å². The third-order valence-electron chi connectivity index (χ3n) is 5.57. The number of rotatable bonds is 6. The number of amides is 1. The number of nitrogens with zero attached hydrogens (tertiary/aromatic N) is 4. The minimum absolute atomic E-state index is 0.101. The highest BCUT2D eigenvalue weighted by Gasteiger charge is 2.46. The second-order valence-corrected chi connectivity index (χ2v) is 8.48. The summed E-state index contributed by atoms with van der Waals surface area (Å²) in [6.07, 6.45) is -1.01. The lowest BCUT2D eigenvalue weighted by Crippen LogP contribution is -2.32. The Hall–Kier alpha value is -4.28. The Morgan fingerprint density at radius 2 is 1.67 bits per heavy atom. The van der Waals surface area contributed by atoms with Crippen molar-refractivity contribution in [3.63, 3.8) is 0 Å². The molecule has 0 aliphatic carbocycles. The molecule has 1 N–H and O–H groups in total. The maximum Gasteiger partial charge on any atom is 0.574 e. The van der Waals surface area contributed by atoms with Crippen molar-refractivity contribution in [1.29, 1.82) is 0 Å². The first-order valence-corrected chi connectivity index (χ1v) is 10.9. The molecular weight excluding hydrogens is 477 g/mol. The van der Waals surface area contributed by atoms with Crippen LogP contribution in [0.15, 0.2) is 66.3 Å². The number of ether oxygens (including phenoxy) is 1. The number of benzene rings is 1. The van der Waals surface area contributed by atoms with Crippen molar-refractivity contribution in [3.8, 4) is 5.88 Å². The van der Waals surface area contributed by atoms with E-state index in [1.54, 1.807) is 31.2 Å². The fourth-order valence-electron chi connectivity index (χ4n) is 3.78. The van der Waals surface area contributed by atoms with Crippen molar-refractivity contribution in [2.24, 2.45) is 0 Å². The molecule has 0 bridgehead atoms. The van der Waals surface area contributed by atoms with Gasteiger partial charge >= 0.3 is 6.36 Å². The smallest absolute Gasteiger partial charge is 0.503 e. The minimum atomic E-state index is -4.94. The van der Waals surface area contributed by atoms with Crippen LogP contribution in [0.25, 0.3) is 0 Å². The van der Waals surface area contributed by atoms with Gasteiger partial charge in [-0.15, -0.1) is 13.2 Å². The van der Waals surface area contributed by atoms with Crippen molar-refractivity contribution >= 4 is 17.6 Å². The Kier molecular flexibility index (Phi) is 6.49. The topological polar surface area (TPSA) is 106 Å². The summed E-state index contributed by atoms with van der Waals surface area (Å²) in [5, 5.41) is 10.8. The average molecular weight is 498 g/mol. The highest BCUT2D eigenvalue weighted by atomic mass is 19.4. The van der Waals surface area contributed by atoms with Crippen molar-refractivity contribution in [1.82, 2.24) is 15.0 Å². The molecule has 1 aromatic carbocycles. The highest BCUT2D eigenvalue weighted by molar-refractivity contribution is 6.20. The first-order valence-electron chi connectivity index (χ1n) is 10.9. The number of aliphatic hydroxyl groups excluding tert-OH is 1. The summed E-state index contributed by atoms with van der Waals surface area (Å²) >= 11 is 0. The van der Waals surface area contributed by atoms with Crippen LogP contribution in [0.1, 0.15) is 52.9 Å². The lowest BCUT2D eigenvalue weighted by atomic mass is 9.92. The number of carbonyl (C=O) groups is 2. The number of Topliss-reactive ketones (excluding diaryl/α,β-unsaturated/α-hetero) is 1. The Bertz CT molecular complexity index is 1320. The molecular formula is C25H21F3N4O4. The number of alkyl halides is 3. The molecule has 3 aromatic rings. The Morgan fingerprint density at radius 1 is 1.03 bits per heavy atom. The number of hydrogen-bond donors (Lipinski definition) is 1. The summed E-state index contributed by atoms with van der Waals surface area (Å²) in [4.78, 5) is 39.6. The molecule has 1 aliphatic rings. The van der Waals surface area contributed by atoms with E-state index in [0.29, 0.717) is 5.56 Å². The molecule has 186 valence electrons. The molecule has 36 heavy (non-hydrogen) atoms. The number of aromatic nitrogens is 3. The van der Waals surface area contributed by atoms with Gasteiger partial charge in [0.25, 0.3) is 5.91 Å². The van der Waals surface area contributed by atoms with Crippen LogP contribution >= 0.6 is 0 Å². The van der Waals surface area contributed by atoms with Gasteiger partial charge in [-0.3, -0.25) is 14.5 Å². The minimum Gasteiger partial charge on any atom is -0.503 e. The van der Waals surface area contributed by atoms with Crippen molar-refractivity contribution in [3.05, 3.63) is 88.6 Å². The summed E-state index contributed by atoms with van der Waals surface area (Å²) in [6, 6.07) is 7.65. The summed E-state index contributed by atoms with van der Waals surface area (Å²) in [6.45, 7) is 5.73. The number of anilines is 1. The molecule has 1 atom stereocenters. The van der Waals surface area contributed by atoms with E-state index >= 15 is 0 Å². The lowest BCUT2D eigenvalue weighted by molar-refractivity contribution is -0.276. The molecule has 1 amide bonds. The van der Waals surface area contributed by atoms with E-state index in [0.717, 1.165) is 22.7 Å². The summed E-state index contributed by atoms with van der Waals surface area (Å²) in [5.41, 5.74) is 1.79. The highest BCUT2D eigenvalue weighted by Crippen LogP contribution is 2.41. The van der Waals surface area contributed by atoms with Gasteiger partial charge < -0.3 is 9.84 Å². The predicted octanol–water partition coefficient (Wildman–Crippen LogP) is 4.98. The molecule has 4 rings (SSSR count). The summed E-state index contributed by atoms with van der Waals surface area (Å²) in [5.74, 6) is -2.97. The standard InChI is InChI=1S/C25H21F3N4O4/c1-13(2)15-4-6-16(7-5-15)21(33)19-20(17-8-9-18(29-12-17)36-25(26,27)28)32(23(35)22(19)34)24-30-10-14(3)11-31-24/h4-13,20,34H,1-3H3. The van der Waals surface area contributed by atoms with Gasteiger partial charge in [-0.25, -0.2) is 15.0 Å². The molecule has 3 heterocycles. The number of carbonyl (C=O) groups excluding carboxylic acids is 2. The van der Waals surface area contributed by atoms with Gasteiger partial charge in [-0.2, -0.15) is 0 Å². The average Bonchev–Trinajstić information content (AvgIpc) is 3.09. The zero-order chi connectivity index (χ0) is 26.2. The van der Waals surface area contributed by atoms with E-state index in [2.05, 4.69) is 19.7 Å². The first-order chi connectivity index (χ1) is 17.0. The first kappa shape index (κ1) is 24.8. The second-order valence-electron chi connectivity index (χ2n) is 8.48. The molecule has 0 fully saturated rings. The van der Waals surface area contributed by atoms with Crippen LogP contribution in [0.2, 0.25) is 0 Å². The van der Waals surface area contributed by atoms with Crippen LogP contribution in [-0.2, 0) is 4.79 Å². The monoisotopic (exact) mass is 498 g/mol. The molecule has 2 aromatic heterocycles. The van der Waals surface area contributed by atoms with E-state index in [4.69, 9.17) is 0 Å². The van der Waals surface area contributed by atoms with E-state index in [1.807, 2.05) is 13.8 Å². The van der Waals surface area contributed by atoms with E-state index in [9.17, 15) is 27.9 Å². The number of halogens is 3. The molecule has 1 unspecified atom stereocenters. The largest absolute Gasteiger partial charge is 0.574 e. The Balaban J connectivity index is 1.79. The van der Waals surface area contributed by atoms with E-state index < -0.39 is 35.7 Å². The quantitative estimate of drug-likeness (QED) is 0.478. The van der Waals surface area contributed by atoms with Gasteiger partial charge in [0.15, 0.2) is 11.5 Å². The lowest BCUT2D eigenvalue weighted by Gasteiger charge is -2.25. The van der Waals surface area contributed by atoms with Crippen molar-refractivity contribution in [2.75, 3.05) is 4.90 Å². The molecule has 0 radical (unpaired) electrons. The zero-order valence-electron chi connectivity index (χ0n) is 19.4. The number of pyridine rings is 1. The van der Waals surface area contributed by atoms with Crippen LogP contribution in [0.5, 0.6) is 5.88 Å². The van der Waals surface area contributed by atoms with Crippen LogP contribution in [0.4, 0.5) is 19.1 Å². The summed E-state index contributed by atoms with van der Waals surface area (Å²) < 4.78 is 41.6. The number of hydrogen-bond acceptors (Lipinski definition) is 7. The third-order valence-corrected chi connectivity index (χ3v) is 5.57. The number of aliphatic hydroxyl groups is 1. The number of aryl methyl sites for hydroxylation is 1. The molecule has 1 aliphatic heterocycles. The zero-order valence-corrected chi connectivity index (χ0v) is 19.4. The van der Waals surface area contributed by atoms with Crippen LogP contribution in [0.3, 0.4) is 0 Å². The molecule has 11 heteroatoms. The molecule has 8 nitrogen and oxygen atoms in total.